The van der Waals surface area contributed by atoms with Crippen molar-refractivity contribution in [2.75, 3.05) is 0 Å². The summed E-state index contributed by atoms with van der Waals surface area (Å²) in [5.41, 5.74) is -4.27. The van der Waals surface area contributed by atoms with Gasteiger partial charge in [0.25, 0.3) is 0 Å². The number of hydrogen-bond donors (Lipinski definition) is 6. The van der Waals surface area contributed by atoms with Gasteiger partial charge in [-0.25, -0.2) is 0 Å². The lowest BCUT2D eigenvalue weighted by atomic mass is 9.45. The summed E-state index contributed by atoms with van der Waals surface area (Å²) in [5, 5.41) is 65.5. The largest absolute Gasteiger partial charge is 0.390 e. The molecule has 3 fully saturated rings. The van der Waals surface area contributed by atoms with E-state index in [1.807, 2.05) is 13.8 Å². The van der Waals surface area contributed by atoms with E-state index in [2.05, 4.69) is 0 Å². The number of hydrogen-bond acceptors (Lipinski definition) is 7. The van der Waals surface area contributed by atoms with Crippen LogP contribution in [0.25, 0.3) is 0 Å². The van der Waals surface area contributed by atoms with E-state index in [1.165, 1.54) is 0 Å². The van der Waals surface area contributed by atoms with Crippen molar-refractivity contribution in [3.05, 3.63) is 11.6 Å². The lowest BCUT2D eigenvalue weighted by Gasteiger charge is -2.60. The van der Waals surface area contributed by atoms with E-state index in [9.17, 15) is 35.4 Å². The second-order valence-electron chi connectivity index (χ2n) is 13.2. The first-order valence-electron chi connectivity index (χ1n) is 12.9. The summed E-state index contributed by atoms with van der Waals surface area (Å²) in [7, 11) is 0. The molecule has 3 saturated carbocycles. The van der Waals surface area contributed by atoms with Crippen molar-refractivity contribution in [1.82, 2.24) is 0 Å². The fourth-order valence-corrected chi connectivity index (χ4v) is 8.32. The minimum absolute atomic E-state index is 0.0840. The molecule has 4 rings (SSSR count). The fourth-order valence-electron chi connectivity index (χ4n) is 8.32. The van der Waals surface area contributed by atoms with Gasteiger partial charge in [-0.3, -0.25) is 4.79 Å². The van der Waals surface area contributed by atoms with Gasteiger partial charge in [-0.15, -0.1) is 0 Å². The molecule has 34 heavy (non-hydrogen) atoms. The molecule has 7 heteroatoms. The van der Waals surface area contributed by atoms with Crippen LogP contribution in [0.5, 0.6) is 0 Å². The Hall–Kier alpha value is -0.830. The van der Waals surface area contributed by atoms with E-state index < -0.39 is 45.9 Å². The molecule has 6 N–H and O–H groups in total. The number of allylic oxidation sites excluding steroid dienone is 1. The summed E-state index contributed by atoms with van der Waals surface area (Å²) in [4.78, 5) is 13.2. The number of ketones is 1. The lowest BCUT2D eigenvalue weighted by Crippen LogP contribution is -2.62. The van der Waals surface area contributed by atoms with E-state index >= 15 is 0 Å². The zero-order valence-electron chi connectivity index (χ0n) is 21.3. The van der Waals surface area contributed by atoms with Gasteiger partial charge in [-0.2, -0.15) is 0 Å². The number of carbonyl (C=O) groups is 1. The highest BCUT2D eigenvalue weighted by molar-refractivity contribution is 5.95. The van der Waals surface area contributed by atoms with Crippen LogP contribution >= 0.6 is 0 Å². The van der Waals surface area contributed by atoms with Crippen LogP contribution in [-0.4, -0.2) is 71.5 Å². The van der Waals surface area contributed by atoms with E-state index in [0.717, 1.165) is 0 Å². The van der Waals surface area contributed by atoms with Gasteiger partial charge < -0.3 is 30.6 Å². The zero-order chi connectivity index (χ0) is 25.5. The highest BCUT2D eigenvalue weighted by Crippen LogP contribution is 2.68. The number of aliphatic hydroxyl groups is 6. The first-order chi connectivity index (χ1) is 15.5. The van der Waals surface area contributed by atoms with Crippen LogP contribution in [0, 0.1) is 28.6 Å². The third-order valence-corrected chi connectivity index (χ3v) is 10.5. The van der Waals surface area contributed by atoms with Crippen molar-refractivity contribution >= 4 is 5.78 Å². The molecular weight excluding hydrogens is 436 g/mol. The molecule has 0 aromatic heterocycles. The van der Waals surface area contributed by atoms with E-state index in [-0.39, 0.29) is 36.4 Å². The molecule has 4 aliphatic carbocycles. The molecule has 0 aromatic rings. The SMILES string of the molecule is CC(C)(O)CC[C@H](O)[C@](C)(O)[C@H]1CC[C@@]2(O)C3=CC(=O)[C@H]4C[C@@H](O)[C@H](O)C[C@]4(C)[C@H]3CC[C@]12C. The molecule has 4 aliphatic rings. The van der Waals surface area contributed by atoms with E-state index in [1.54, 1.807) is 26.8 Å². The summed E-state index contributed by atoms with van der Waals surface area (Å²) in [6.07, 6.45) is 2.11. The minimum Gasteiger partial charge on any atom is -0.390 e. The Morgan fingerprint density at radius 2 is 1.71 bits per heavy atom. The van der Waals surface area contributed by atoms with E-state index in [4.69, 9.17) is 0 Å². The van der Waals surface area contributed by atoms with Crippen LogP contribution in [0.3, 0.4) is 0 Å². The average Bonchev–Trinajstić information content (AvgIpc) is 3.00. The first kappa shape index (κ1) is 26.2. The maximum atomic E-state index is 13.2. The molecule has 0 bridgehead atoms. The molecule has 0 aromatic carbocycles. The topological polar surface area (TPSA) is 138 Å². The maximum absolute atomic E-state index is 13.2. The predicted octanol–water partition coefficient (Wildman–Crippen LogP) is 1.85. The van der Waals surface area contributed by atoms with E-state index in [0.29, 0.717) is 44.1 Å². The fraction of sp³-hybridized carbons (Fsp3) is 0.889. The monoisotopic (exact) mass is 480 g/mol. The summed E-state index contributed by atoms with van der Waals surface area (Å²) >= 11 is 0. The Kier molecular flexibility index (Phi) is 6.24. The van der Waals surface area contributed by atoms with Crippen molar-refractivity contribution in [3.63, 3.8) is 0 Å². The van der Waals surface area contributed by atoms with Crippen LogP contribution in [0.4, 0.5) is 0 Å². The van der Waals surface area contributed by atoms with Gasteiger partial charge in [0.05, 0.1) is 35.1 Å². The standard InChI is InChI=1S/C27H44O7/c1-23(2,32)9-8-22(31)26(5,33)21-7-11-27(34)16-12-18(28)17-13-19(29)20(30)14-24(17,3)15(16)6-10-25(21,27)4/h12,15,17,19-22,29-34H,6-11,13-14H2,1-5H3/t15-,17+,19+,20+,21-,22-,24+,25+,26+,27+/m0/s1. The van der Waals surface area contributed by atoms with Crippen LogP contribution < -0.4 is 0 Å². The second-order valence-corrected chi connectivity index (χ2v) is 13.2. The van der Waals surface area contributed by atoms with Crippen molar-refractivity contribution in [2.24, 2.45) is 28.6 Å². The van der Waals surface area contributed by atoms with Crippen LogP contribution in [-0.2, 0) is 4.79 Å². The molecule has 0 amide bonds. The number of carbonyl (C=O) groups excluding carboxylic acids is 1. The third kappa shape index (κ3) is 3.73. The average molecular weight is 481 g/mol. The summed E-state index contributed by atoms with van der Waals surface area (Å²) in [6.45, 7) is 8.96. The third-order valence-electron chi connectivity index (χ3n) is 10.5. The van der Waals surface area contributed by atoms with Gasteiger partial charge in [0.1, 0.15) is 0 Å². The van der Waals surface area contributed by atoms with Crippen molar-refractivity contribution in [3.8, 4) is 0 Å². The Balaban J connectivity index is 1.66. The Labute approximate surface area is 202 Å². The van der Waals surface area contributed by atoms with Gasteiger partial charge in [0.15, 0.2) is 5.78 Å². The molecule has 0 radical (unpaired) electrons. The number of rotatable bonds is 5. The molecule has 0 heterocycles. The number of aliphatic hydroxyl groups excluding tert-OH is 3. The Bertz CT molecular complexity index is 860. The minimum atomic E-state index is -1.46. The zero-order valence-corrected chi connectivity index (χ0v) is 21.3. The molecular formula is C27H44O7. The highest BCUT2D eigenvalue weighted by Gasteiger charge is 2.69. The Morgan fingerprint density at radius 1 is 1.06 bits per heavy atom. The predicted molar refractivity (Wildman–Crippen MR) is 127 cm³/mol. The van der Waals surface area contributed by atoms with Crippen molar-refractivity contribution in [1.29, 1.82) is 0 Å². The summed E-state index contributed by atoms with van der Waals surface area (Å²) in [6, 6.07) is 0. The summed E-state index contributed by atoms with van der Waals surface area (Å²) < 4.78 is 0. The van der Waals surface area contributed by atoms with Crippen LogP contribution in [0.1, 0.15) is 86.0 Å². The molecule has 194 valence electrons. The molecule has 7 nitrogen and oxygen atoms in total. The maximum Gasteiger partial charge on any atom is 0.159 e. The Morgan fingerprint density at radius 3 is 2.32 bits per heavy atom. The smallest absolute Gasteiger partial charge is 0.159 e. The normalized spacial score (nSPS) is 47.2. The molecule has 0 unspecified atom stereocenters. The van der Waals surface area contributed by atoms with Gasteiger partial charge in [0.2, 0.25) is 0 Å². The first-order valence-corrected chi connectivity index (χ1v) is 12.9. The lowest BCUT2D eigenvalue weighted by molar-refractivity contribution is -0.177. The van der Waals surface area contributed by atoms with Gasteiger partial charge in [-0.05, 0) is 101 Å². The quantitative estimate of drug-likeness (QED) is 0.353. The molecule has 10 atom stereocenters. The van der Waals surface area contributed by atoms with Crippen molar-refractivity contribution < 1.29 is 35.4 Å². The molecule has 0 spiro atoms. The second kappa shape index (κ2) is 8.09. The van der Waals surface area contributed by atoms with Crippen LogP contribution in [0.2, 0.25) is 0 Å². The number of fused-ring (bicyclic) bond motifs is 5. The highest BCUT2D eigenvalue weighted by atomic mass is 16.3. The molecule has 0 aliphatic heterocycles. The van der Waals surface area contributed by atoms with Crippen molar-refractivity contribution in [2.45, 2.75) is 121 Å². The summed E-state index contributed by atoms with van der Waals surface area (Å²) in [5.74, 6) is -0.948. The van der Waals surface area contributed by atoms with Gasteiger partial charge in [0, 0.05) is 11.3 Å². The molecule has 0 saturated heterocycles. The van der Waals surface area contributed by atoms with Crippen LogP contribution in [0.15, 0.2) is 11.6 Å². The van der Waals surface area contributed by atoms with Gasteiger partial charge >= 0.3 is 0 Å². The van der Waals surface area contributed by atoms with Gasteiger partial charge in [-0.1, -0.05) is 13.8 Å².